The van der Waals surface area contributed by atoms with Gasteiger partial charge in [0.2, 0.25) is 11.8 Å². The summed E-state index contributed by atoms with van der Waals surface area (Å²) in [5, 5.41) is 0. The van der Waals surface area contributed by atoms with E-state index >= 15 is 0 Å². The van der Waals surface area contributed by atoms with Gasteiger partial charge in [-0.2, -0.15) is 0 Å². The minimum absolute atomic E-state index is 0.0289. The number of hydrogen-bond donors (Lipinski definition) is 0. The van der Waals surface area contributed by atoms with Crippen LogP contribution < -0.4 is 4.90 Å². The number of para-hydroxylation sites is 1. The van der Waals surface area contributed by atoms with Gasteiger partial charge < -0.3 is 9.80 Å². The number of benzene rings is 2. The highest BCUT2D eigenvalue weighted by molar-refractivity contribution is 6.01. The Morgan fingerprint density at radius 1 is 1.00 bits per heavy atom. The molecule has 0 saturated carbocycles. The normalized spacial score (nSPS) is 13.9. The molecule has 3 amide bonds. The van der Waals surface area contributed by atoms with Crippen molar-refractivity contribution in [1.29, 1.82) is 0 Å². The van der Waals surface area contributed by atoms with Crippen molar-refractivity contribution in [1.82, 2.24) is 9.80 Å². The number of rotatable bonds is 4. The fourth-order valence-corrected chi connectivity index (χ4v) is 2.72. The van der Waals surface area contributed by atoms with Gasteiger partial charge in [-0.1, -0.05) is 36.4 Å². The van der Waals surface area contributed by atoms with E-state index in [1.807, 2.05) is 36.4 Å². The lowest BCUT2D eigenvalue weighted by molar-refractivity contribution is -0.132. The van der Waals surface area contributed by atoms with Crippen molar-refractivity contribution in [3.63, 3.8) is 0 Å². The molecular formula is C19H19N3O3. The van der Waals surface area contributed by atoms with Crippen LogP contribution in [0.15, 0.2) is 60.7 Å². The third-order valence-electron chi connectivity index (χ3n) is 4.10. The third-order valence-corrected chi connectivity index (χ3v) is 4.10. The molecule has 3 rings (SSSR count). The van der Waals surface area contributed by atoms with E-state index in [2.05, 4.69) is 0 Å². The number of likely N-dealkylation sites (N-methyl/N-ethyl adjacent to an activating group) is 1. The van der Waals surface area contributed by atoms with Crippen molar-refractivity contribution in [2.75, 3.05) is 31.7 Å². The molecule has 0 bridgehead atoms. The predicted octanol–water partition coefficient (Wildman–Crippen LogP) is 1.59. The van der Waals surface area contributed by atoms with Crippen LogP contribution in [0.3, 0.4) is 0 Å². The molecule has 0 spiro atoms. The van der Waals surface area contributed by atoms with E-state index in [9.17, 15) is 14.4 Å². The van der Waals surface area contributed by atoms with Gasteiger partial charge in [-0.15, -0.1) is 0 Å². The highest BCUT2D eigenvalue weighted by Gasteiger charge is 2.32. The lowest BCUT2D eigenvalue weighted by atomic mass is 10.2. The molecule has 6 heteroatoms. The van der Waals surface area contributed by atoms with Crippen molar-refractivity contribution in [2.45, 2.75) is 0 Å². The quantitative estimate of drug-likeness (QED) is 0.851. The van der Waals surface area contributed by atoms with Crippen LogP contribution in [0.1, 0.15) is 10.4 Å². The summed E-state index contributed by atoms with van der Waals surface area (Å²) in [5.41, 5.74) is 1.29. The topological polar surface area (TPSA) is 60.9 Å². The molecule has 2 aromatic carbocycles. The second-order valence-corrected chi connectivity index (χ2v) is 5.92. The SMILES string of the molecule is CN(CC(=O)N1CC(=O)N(c2ccccc2)C1)C(=O)c1ccccc1. The number of hydrogen-bond acceptors (Lipinski definition) is 3. The van der Waals surface area contributed by atoms with Gasteiger partial charge in [-0.25, -0.2) is 0 Å². The summed E-state index contributed by atoms with van der Waals surface area (Å²) in [5.74, 6) is -0.602. The zero-order valence-electron chi connectivity index (χ0n) is 14.0. The van der Waals surface area contributed by atoms with Crippen LogP contribution in [0.25, 0.3) is 0 Å². The molecule has 1 aliphatic heterocycles. The van der Waals surface area contributed by atoms with Crippen LogP contribution in [0.4, 0.5) is 5.69 Å². The minimum Gasteiger partial charge on any atom is -0.332 e. The molecule has 0 aromatic heterocycles. The maximum Gasteiger partial charge on any atom is 0.254 e. The number of amides is 3. The predicted molar refractivity (Wildman–Crippen MR) is 93.9 cm³/mol. The highest BCUT2D eigenvalue weighted by Crippen LogP contribution is 2.19. The van der Waals surface area contributed by atoms with E-state index in [1.165, 1.54) is 9.80 Å². The Hall–Kier alpha value is -3.15. The van der Waals surface area contributed by atoms with Gasteiger partial charge >= 0.3 is 0 Å². The zero-order valence-corrected chi connectivity index (χ0v) is 14.0. The Kier molecular flexibility index (Phi) is 4.79. The Morgan fingerprint density at radius 2 is 1.60 bits per heavy atom. The Morgan fingerprint density at radius 3 is 2.24 bits per heavy atom. The fourth-order valence-electron chi connectivity index (χ4n) is 2.72. The molecule has 0 N–H and O–H groups in total. The van der Waals surface area contributed by atoms with E-state index in [1.54, 1.807) is 36.2 Å². The standard InChI is InChI=1S/C19H19N3O3/c1-20(19(25)15-8-4-2-5-9-15)12-17(23)21-13-18(24)22(14-21)16-10-6-3-7-11-16/h2-11H,12-14H2,1H3. The Labute approximate surface area is 146 Å². The highest BCUT2D eigenvalue weighted by atomic mass is 16.2. The van der Waals surface area contributed by atoms with Crippen molar-refractivity contribution in [2.24, 2.45) is 0 Å². The smallest absolute Gasteiger partial charge is 0.254 e. The first-order valence-electron chi connectivity index (χ1n) is 8.00. The first kappa shape index (κ1) is 16.7. The summed E-state index contributed by atoms with van der Waals surface area (Å²) in [6, 6.07) is 18.0. The number of anilines is 1. The molecule has 0 atom stereocenters. The molecular weight excluding hydrogens is 318 g/mol. The second kappa shape index (κ2) is 7.17. The van der Waals surface area contributed by atoms with Gasteiger partial charge in [0, 0.05) is 18.3 Å². The summed E-state index contributed by atoms with van der Waals surface area (Å²) in [6.45, 7) is 0.166. The first-order chi connectivity index (χ1) is 12.1. The van der Waals surface area contributed by atoms with Crippen molar-refractivity contribution in [3.8, 4) is 0 Å². The maximum absolute atomic E-state index is 12.5. The molecule has 1 heterocycles. The molecule has 1 fully saturated rings. The molecule has 0 radical (unpaired) electrons. The molecule has 0 aliphatic carbocycles. The summed E-state index contributed by atoms with van der Waals surface area (Å²) < 4.78 is 0. The molecule has 6 nitrogen and oxygen atoms in total. The monoisotopic (exact) mass is 337 g/mol. The van der Waals surface area contributed by atoms with E-state index in [0.717, 1.165) is 5.69 Å². The molecule has 1 aliphatic rings. The Balaban J connectivity index is 1.62. The maximum atomic E-state index is 12.5. The lowest BCUT2D eigenvalue weighted by Gasteiger charge is -2.22. The van der Waals surface area contributed by atoms with Gasteiger partial charge in [0.15, 0.2) is 0 Å². The van der Waals surface area contributed by atoms with E-state index < -0.39 is 0 Å². The largest absolute Gasteiger partial charge is 0.332 e. The van der Waals surface area contributed by atoms with Gasteiger partial charge in [0.05, 0.1) is 6.54 Å². The first-order valence-corrected chi connectivity index (χ1v) is 8.00. The summed E-state index contributed by atoms with van der Waals surface area (Å²) in [6.07, 6.45) is 0. The summed E-state index contributed by atoms with van der Waals surface area (Å²) >= 11 is 0. The molecule has 2 aromatic rings. The van der Waals surface area contributed by atoms with E-state index in [0.29, 0.717) is 5.56 Å². The van der Waals surface area contributed by atoms with Crippen molar-refractivity contribution >= 4 is 23.4 Å². The van der Waals surface area contributed by atoms with Crippen LogP contribution in [-0.2, 0) is 9.59 Å². The Bertz CT molecular complexity index is 777. The van der Waals surface area contributed by atoms with E-state index in [-0.39, 0.29) is 37.5 Å². The molecule has 1 saturated heterocycles. The van der Waals surface area contributed by atoms with Gasteiger partial charge in [-0.05, 0) is 24.3 Å². The molecule has 0 unspecified atom stereocenters. The fraction of sp³-hybridized carbons (Fsp3) is 0.211. The minimum atomic E-state index is -0.251. The number of carbonyl (C=O) groups is 3. The summed E-state index contributed by atoms with van der Waals surface area (Å²) in [7, 11) is 1.58. The van der Waals surface area contributed by atoms with Crippen LogP contribution in [0.2, 0.25) is 0 Å². The lowest BCUT2D eigenvalue weighted by Crippen LogP contribution is -2.40. The summed E-state index contributed by atoms with van der Waals surface area (Å²) in [4.78, 5) is 41.4. The van der Waals surface area contributed by atoms with E-state index in [4.69, 9.17) is 0 Å². The van der Waals surface area contributed by atoms with Gasteiger partial charge in [0.1, 0.15) is 13.2 Å². The van der Waals surface area contributed by atoms with Crippen LogP contribution >= 0.6 is 0 Å². The van der Waals surface area contributed by atoms with Gasteiger partial charge in [-0.3, -0.25) is 19.3 Å². The van der Waals surface area contributed by atoms with Crippen molar-refractivity contribution < 1.29 is 14.4 Å². The zero-order chi connectivity index (χ0) is 17.8. The third kappa shape index (κ3) is 3.68. The average molecular weight is 337 g/mol. The van der Waals surface area contributed by atoms with Crippen LogP contribution in [0, 0.1) is 0 Å². The van der Waals surface area contributed by atoms with Crippen LogP contribution in [-0.4, -0.2) is 54.3 Å². The number of carbonyl (C=O) groups excluding carboxylic acids is 3. The average Bonchev–Trinajstić information content (AvgIpc) is 3.04. The van der Waals surface area contributed by atoms with Gasteiger partial charge in [0.25, 0.3) is 5.91 Å². The van der Waals surface area contributed by atoms with Crippen LogP contribution in [0.5, 0.6) is 0 Å². The number of nitrogens with zero attached hydrogens (tertiary/aromatic N) is 3. The van der Waals surface area contributed by atoms with Crippen molar-refractivity contribution in [3.05, 3.63) is 66.2 Å². The molecule has 128 valence electrons. The second-order valence-electron chi connectivity index (χ2n) is 5.92. The molecule has 25 heavy (non-hydrogen) atoms.